The van der Waals surface area contributed by atoms with Gasteiger partial charge in [-0.1, -0.05) is 24.3 Å². The lowest BCUT2D eigenvalue weighted by Crippen LogP contribution is -2.38. The second-order valence-electron chi connectivity index (χ2n) is 6.93. The van der Waals surface area contributed by atoms with Gasteiger partial charge in [-0.25, -0.2) is 9.78 Å². The second kappa shape index (κ2) is 9.09. The molecule has 2 heterocycles. The molecule has 0 aliphatic carbocycles. The number of pyridine rings is 1. The molecule has 0 aliphatic heterocycles. The molecule has 0 radical (unpaired) electrons. The topological polar surface area (TPSA) is 91.9 Å². The summed E-state index contributed by atoms with van der Waals surface area (Å²) in [5.41, 5.74) is 3.85. The van der Waals surface area contributed by atoms with Crippen LogP contribution in [0.2, 0.25) is 0 Å². The van der Waals surface area contributed by atoms with E-state index in [0.29, 0.717) is 18.8 Å². The van der Waals surface area contributed by atoms with Crippen LogP contribution in [0.25, 0.3) is 11.0 Å². The number of carbonyl (C=O) groups excluding carboxylic acids is 1. The molecule has 3 N–H and O–H groups in total. The molecule has 2 aromatic heterocycles. The van der Waals surface area contributed by atoms with E-state index in [1.165, 1.54) is 0 Å². The van der Waals surface area contributed by atoms with Gasteiger partial charge in [0.2, 0.25) is 0 Å². The van der Waals surface area contributed by atoms with E-state index in [4.69, 9.17) is 4.74 Å². The number of aromatic amines is 1. The summed E-state index contributed by atoms with van der Waals surface area (Å²) in [6, 6.07) is 18.8. The van der Waals surface area contributed by atoms with Gasteiger partial charge in [0.15, 0.2) is 0 Å². The number of aromatic nitrogens is 3. The Morgan fingerprint density at radius 2 is 1.80 bits per heavy atom. The second-order valence-corrected chi connectivity index (χ2v) is 6.93. The molecule has 2 amide bonds. The van der Waals surface area contributed by atoms with E-state index in [9.17, 15) is 4.79 Å². The van der Waals surface area contributed by atoms with Crippen molar-refractivity contribution in [3.8, 4) is 5.75 Å². The van der Waals surface area contributed by atoms with E-state index in [1.807, 2.05) is 60.7 Å². The lowest BCUT2D eigenvalue weighted by atomic mass is 10.1. The van der Waals surface area contributed by atoms with Gasteiger partial charge >= 0.3 is 6.03 Å². The predicted molar refractivity (Wildman–Crippen MR) is 115 cm³/mol. The SMILES string of the molecule is COc1ccc(C[C@@H](NC(=O)NCc2ccncc2)c2nc3ccccc3[nH]2)cc1. The van der Waals surface area contributed by atoms with Crippen molar-refractivity contribution >= 4 is 17.1 Å². The molecular weight excluding hydrogens is 378 g/mol. The molecule has 0 bridgehead atoms. The van der Waals surface area contributed by atoms with Crippen LogP contribution in [0, 0.1) is 0 Å². The van der Waals surface area contributed by atoms with Gasteiger partial charge in [-0.05, 0) is 53.9 Å². The van der Waals surface area contributed by atoms with Gasteiger partial charge in [-0.3, -0.25) is 4.98 Å². The van der Waals surface area contributed by atoms with Crippen molar-refractivity contribution in [2.45, 2.75) is 19.0 Å². The van der Waals surface area contributed by atoms with Crippen LogP contribution in [-0.2, 0) is 13.0 Å². The minimum absolute atomic E-state index is 0.259. The maximum absolute atomic E-state index is 12.6. The van der Waals surface area contributed by atoms with E-state index in [0.717, 1.165) is 27.9 Å². The summed E-state index contributed by atoms with van der Waals surface area (Å²) in [6.45, 7) is 0.420. The van der Waals surface area contributed by atoms with Crippen LogP contribution < -0.4 is 15.4 Å². The minimum atomic E-state index is -0.316. The Balaban J connectivity index is 1.52. The fraction of sp³-hybridized carbons (Fsp3) is 0.174. The summed E-state index contributed by atoms with van der Waals surface area (Å²) in [5, 5.41) is 5.95. The molecule has 0 spiro atoms. The highest BCUT2D eigenvalue weighted by Gasteiger charge is 2.19. The third-order valence-corrected chi connectivity index (χ3v) is 4.84. The van der Waals surface area contributed by atoms with Crippen LogP contribution >= 0.6 is 0 Å². The highest BCUT2D eigenvalue weighted by atomic mass is 16.5. The number of nitrogens with one attached hydrogen (secondary N) is 3. The summed E-state index contributed by atoms with van der Waals surface area (Å²) >= 11 is 0. The number of H-pyrrole nitrogens is 1. The van der Waals surface area contributed by atoms with Crippen molar-refractivity contribution in [2.24, 2.45) is 0 Å². The first-order valence-corrected chi connectivity index (χ1v) is 9.72. The molecular formula is C23H23N5O2. The number of hydrogen-bond donors (Lipinski definition) is 3. The van der Waals surface area contributed by atoms with Crippen molar-refractivity contribution in [2.75, 3.05) is 7.11 Å². The molecule has 7 heteroatoms. The minimum Gasteiger partial charge on any atom is -0.497 e. The van der Waals surface area contributed by atoms with Crippen molar-refractivity contribution in [1.29, 1.82) is 0 Å². The average molecular weight is 401 g/mol. The first-order valence-electron chi connectivity index (χ1n) is 9.72. The van der Waals surface area contributed by atoms with Crippen molar-refractivity contribution in [1.82, 2.24) is 25.6 Å². The van der Waals surface area contributed by atoms with Crippen LogP contribution in [-0.4, -0.2) is 28.1 Å². The molecule has 0 unspecified atom stereocenters. The maximum atomic E-state index is 12.6. The largest absolute Gasteiger partial charge is 0.497 e. The van der Waals surface area contributed by atoms with Crippen LogP contribution in [0.3, 0.4) is 0 Å². The number of benzene rings is 2. The third-order valence-electron chi connectivity index (χ3n) is 4.84. The van der Waals surface area contributed by atoms with Gasteiger partial charge in [-0.15, -0.1) is 0 Å². The Hall–Kier alpha value is -3.87. The molecule has 4 rings (SSSR count). The summed E-state index contributed by atoms with van der Waals surface area (Å²) in [5.74, 6) is 1.51. The zero-order valence-corrected chi connectivity index (χ0v) is 16.6. The number of methoxy groups -OCH3 is 1. The Kier molecular flexibility index (Phi) is 5.89. The number of para-hydroxylation sites is 2. The zero-order valence-electron chi connectivity index (χ0n) is 16.6. The number of imidazole rings is 1. The smallest absolute Gasteiger partial charge is 0.315 e. The number of nitrogens with zero attached hydrogens (tertiary/aromatic N) is 2. The van der Waals surface area contributed by atoms with Crippen LogP contribution in [0.15, 0.2) is 73.1 Å². The number of rotatable bonds is 7. The Morgan fingerprint density at radius 3 is 2.53 bits per heavy atom. The number of hydrogen-bond acceptors (Lipinski definition) is 4. The lowest BCUT2D eigenvalue weighted by Gasteiger charge is -2.18. The van der Waals surface area contributed by atoms with Crippen molar-refractivity contribution in [3.05, 3.63) is 90.0 Å². The lowest BCUT2D eigenvalue weighted by molar-refractivity contribution is 0.236. The fourth-order valence-electron chi connectivity index (χ4n) is 3.24. The van der Waals surface area contributed by atoms with Gasteiger partial charge in [0.1, 0.15) is 11.6 Å². The standard InChI is InChI=1S/C23H23N5O2/c1-30-18-8-6-16(7-9-18)14-21(22-26-19-4-2-3-5-20(19)27-22)28-23(29)25-15-17-10-12-24-13-11-17/h2-13,21H,14-15H2,1H3,(H,26,27)(H2,25,28,29)/t21-/m1/s1. The van der Waals surface area contributed by atoms with E-state index >= 15 is 0 Å². The Bertz CT molecular complexity index is 1080. The summed E-state index contributed by atoms with van der Waals surface area (Å²) in [4.78, 5) is 24.6. The van der Waals surface area contributed by atoms with Gasteiger partial charge in [-0.2, -0.15) is 0 Å². The van der Waals surface area contributed by atoms with Gasteiger partial charge < -0.3 is 20.4 Å². The third kappa shape index (κ3) is 4.75. The molecule has 1 atom stereocenters. The summed E-state index contributed by atoms with van der Waals surface area (Å²) in [6.07, 6.45) is 4.00. The van der Waals surface area contributed by atoms with Crippen LogP contribution in [0.4, 0.5) is 4.79 Å². The predicted octanol–water partition coefficient (Wildman–Crippen LogP) is 3.75. The van der Waals surface area contributed by atoms with E-state index in [2.05, 4.69) is 25.6 Å². The van der Waals surface area contributed by atoms with Gasteiger partial charge in [0.25, 0.3) is 0 Å². The summed E-state index contributed by atoms with van der Waals surface area (Å²) < 4.78 is 5.23. The zero-order chi connectivity index (χ0) is 20.8. The molecule has 0 aliphatic rings. The van der Waals surface area contributed by atoms with Gasteiger partial charge in [0.05, 0.1) is 24.2 Å². The highest BCUT2D eigenvalue weighted by Crippen LogP contribution is 2.21. The fourth-order valence-corrected chi connectivity index (χ4v) is 3.24. The summed E-state index contributed by atoms with van der Waals surface area (Å²) in [7, 11) is 1.64. The average Bonchev–Trinajstić information content (AvgIpc) is 3.23. The molecule has 0 saturated carbocycles. The van der Waals surface area contributed by atoms with E-state index < -0.39 is 0 Å². The first-order chi connectivity index (χ1) is 14.7. The quantitative estimate of drug-likeness (QED) is 0.440. The maximum Gasteiger partial charge on any atom is 0.315 e. The van der Waals surface area contributed by atoms with E-state index in [-0.39, 0.29) is 12.1 Å². The van der Waals surface area contributed by atoms with Crippen LogP contribution in [0.1, 0.15) is 23.0 Å². The van der Waals surface area contributed by atoms with Gasteiger partial charge in [0, 0.05) is 18.9 Å². The molecule has 2 aromatic carbocycles. The van der Waals surface area contributed by atoms with Crippen LogP contribution in [0.5, 0.6) is 5.75 Å². The normalized spacial score (nSPS) is 11.8. The molecule has 4 aromatic rings. The number of ether oxygens (including phenoxy) is 1. The molecule has 152 valence electrons. The molecule has 30 heavy (non-hydrogen) atoms. The van der Waals surface area contributed by atoms with E-state index in [1.54, 1.807) is 19.5 Å². The van der Waals surface area contributed by atoms with Crippen molar-refractivity contribution < 1.29 is 9.53 Å². The monoisotopic (exact) mass is 401 g/mol. The molecule has 0 fully saturated rings. The molecule has 7 nitrogen and oxygen atoms in total. The number of carbonyl (C=O) groups is 1. The number of urea groups is 1. The number of amides is 2. The first kappa shape index (κ1) is 19.4. The highest BCUT2D eigenvalue weighted by molar-refractivity contribution is 5.76. The Morgan fingerprint density at radius 1 is 1.03 bits per heavy atom. The van der Waals surface area contributed by atoms with Crippen molar-refractivity contribution in [3.63, 3.8) is 0 Å². The number of fused-ring (bicyclic) bond motifs is 1. The Labute approximate surface area is 174 Å². The molecule has 0 saturated heterocycles.